The minimum atomic E-state index is -4.15. The molecule has 1 saturated heterocycles. The van der Waals surface area contributed by atoms with Gasteiger partial charge in [0.05, 0.1) is 12.6 Å². The summed E-state index contributed by atoms with van der Waals surface area (Å²) in [6.45, 7) is 2.95. The smallest absolute Gasteiger partial charge is 0.316 e. The Hall–Kier alpha value is -1.04. The molecule has 0 aromatic carbocycles. The summed E-state index contributed by atoms with van der Waals surface area (Å²) in [5.41, 5.74) is 0.758. The van der Waals surface area contributed by atoms with E-state index in [1.165, 1.54) is 25.2 Å². The van der Waals surface area contributed by atoms with Crippen molar-refractivity contribution in [1.82, 2.24) is 15.1 Å². The third kappa shape index (κ3) is 2.39. The lowest BCUT2D eigenvalue weighted by molar-refractivity contribution is -0.127. The van der Waals surface area contributed by atoms with Gasteiger partial charge in [0.1, 0.15) is 0 Å². The number of nitrogens with one attached hydrogen (secondary N) is 1. The Morgan fingerprint density at radius 3 is 2.67 bits per heavy atom. The zero-order chi connectivity index (χ0) is 12.8. The Morgan fingerprint density at radius 2 is 2.11 bits per heavy atom. The quantitative estimate of drug-likeness (QED) is 0.899. The van der Waals surface area contributed by atoms with Gasteiger partial charge in [-0.3, -0.25) is 4.68 Å². The normalized spacial score (nSPS) is 22.8. The summed E-state index contributed by atoms with van der Waals surface area (Å²) in [6, 6.07) is 0. The second-order valence-corrected chi connectivity index (χ2v) is 5.74. The van der Waals surface area contributed by atoms with E-state index < -0.39 is 12.6 Å². The van der Waals surface area contributed by atoms with E-state index in [-0.39, 0.29) is 5.56 Å². The average molecular weight is 259 g/mol. The van der Waals surface area contributed by atoms with Crippen LogP contribution in [0.1, 0.15) is 18.4 Å². The fourth-order valence-corrected chi connectivity index (χ4v) is 3.15. The maximum Gasteiger partial charge on any atom is 0.393 e. The molecule has 1 aromatic heterocycles. The minimum Gasteiger partial charge on any atom is -0.316 e. The van der Waals surface area contributed by atoms with E-state index in [1.54, 1.807) is 4.68 Å². The van der Waals surface area contributed by atoms with Gasteiger partial charge in [0.2, 0.25) is 0 Å². The molecule has 3 nitrogen and oxygen atoms in total. The van der Waals surface area contributed by atoms with Crippen LogP contribution in [0.15, 0.2) is 12.4 Å². The molecule has 18 heavy (non-hydrogen) atoms. The molecule has 1 saturated carbocycles. The molecule has 0 atom stereocenters. The van der Waals surface area contributed by atoms with Gasteiger partial charge in [-0.25, -0.2) is 0 Å². The van der Waals surface area contributed by atoms with Crippen molar-refractivity contribution in [1.29, 1.82) is 0 Å². The van der Waals surface area contributed by atoms with Crippen molar-refractivity contribution < 1.29 is 13.2 Å². The number of rotatable bonds is 3. The fourth-order valence-electron chi connectivity index (χ4n) is 3.15. The van der Waals surface area contributed by atoms with Crippen LogP contribution in [-0.2, 0) is 13.0 Å². The largest absolute Gasteiger partial charge is 0.393 e. The van der Waals surface area contributed by atoms with E-state index in [0.29, 0.717) is 11.3 Å². The van der Waals surface area contributed by atoms with Crippen LogP contribution in [-0.4, -0.2) is 29.0 Å². The van der Waals surface area contributed by atoms with Crippen LogP contribution in [0.3, 0.4) is 0 Å². The molecular formula is C12H16F3N3. The van der Waals surface area contributed by atoms with Crippen LogP contribution in [0, 0.1) is 11.3 Å². The topological polar surface area (TPSA) is 29.9 Å². The molecule has 2 aliphatic rings. The lowest BCUT2D eigenvalue weighted by atomic mass is 9.58. The Kier molecular flexibility index (Phi) is 2.66. The van der Waals surface area contributed by atoms with Gasteiger partial charge in [-0.15, -0.1) is 0 Å². The molecule has 2 fully saturated rings. The van der Waals surface area contributed by atoms with Crippen molar-refractivity contribution in [2.75, 3.05) is 13.1 Å². The van der Waals surface area contributed by atoms with Gasteiger partial charge in [0.15, 0.2) is 0 Å². The SMILES string of the molecule is FC(F)(F)Cc1cnn(CC2CC3(CNC3)C2)c1. The maximum atomic E-state index is 12.2. The highest BCUT2D eigenvalue weighted by atomic mass is 19.4. The van der Waals surface area contributed by atoms with Crippen LogP contribution in [0.25, 0.3) is 0 Å². The lowest BCUT2D eigenvalue weighted by Crippen LogP contribution is -2.60. The Bertz CT molecular complexity index is 426. The Balaban J connectivity index is 1.52. The van der Waals surface area contributed by atoms with Crippen molar-refractivity contribution in [2.45, 2.75) is 32.0 Å². The molecular weight excluding hydrogens is 243 g/mol. The number of nitrogens with zero attached hydrogens (tertiary/aromatic N) is 2. The Morgan fingerprint density at radius 1 is 1.39 bits per heavy atom. The van der Waals surface area contributed by atoms with Crippen molar-refractivity contribution in [3.05, 3.63) is 18.0 Å². The molecule has 1 aromatic rings. The van der Waals surface area contributed by atoms with Gasteiger partial charge in [0.25, 0.3) is 0 Å². The Labute approximate surface area is 103 Å². The predicted molar refractivity (Wildman–Crippen MR) is 60.0 cm³/mol. The molecule has 6 heteroatoms. The van der Waals surface area contributed by atoms with Gasteiger partial charge < -0.3 is 5.32 Å². The lowest BCUT2D eigenvalue weighted by Gasteiger charge is -2.54. The molecule has 0 amide bonds. The van der Waals surface area contributed by atoms with E-state index in [2.05, 4.69) is 10.4 Å². The monoisotopic (exact) mass is 259 g/mol. The van der Waals surface area contributed by atoms with Gasteiger partial charge in [-0.2, -0.15) is 18.3 Å². The number of aromatic nitrogens is 2. The molecule has 2 heterocycles. The van der Waals surface area contributed by atoms with Crippen LogP contribution in [0.4, 0.5) is 13.2 Å². The fraction of sp³-hybridized carbons (Fsp3) is 0.750. The van der Waals surface area contributed by atoms with E-state index >= 15 is 0 Å². The summed E-state index contributed by atoms with van der Waals surface area (Å²) in [4.78, 5) is 0. The molecule has 100 valence electrons. The summed E-state index contributed by atoms with van der Waals surface area (Å²) >= 11 is 0. The van der Waals surface area contributed by atoms with Crippen molar-refractivity contribution in [2.24, 2.45) is 11.3 Å². The van der Waals surface area contributed by atoms with E-state index in [1.807, 2.05) is 0 Å². The number of hydrogen-bond acceptors (Lipinski definition) is 2. The first-order valence-electron chi connectivity index (χ1n) is 6.23. The van der Waals surface area contributed by atoms with E-state index in [9.17, 15) is 13.2 Å². The van der Waals surface area contributed by atoms with Gasteiger partial charge in [-0.05, 0) is 29.7 Å². The highest BCUT2D eigenvalue weighted by molar-refractivity contribution is 5.07. The molecule has 1 N–H and O–H groups in total. The van der Waals surface area contributed by atoms with Crippen LogP contribution >= 0.6 is 0 Å². The summed E-state index contributed by atoms with van der Waals surface area (Å²) in [5.74, 6) is 0.575. The molecule has 0 unspecified atom stereocenters. The number of halogens is 3. The van der Waals surface area contributed by atoms with Crippen molar-refractivity contribution >= 4 is 0 Å². The first-order valence-corrected chi connectivity index (χ1v) is 6.23. The first kappa shape index (κ1) is 12.0. The number of alkyl halides is 3. The molecule has 3 rings (SSSR count). The van der Waals surface area contributed by atoms with E-state index in [4.69, 9.17) is 0 Å². The molecule has 0 bridgehead atoms. The minimum absolute atomic E-state index is 0.252. The third-order valence-electron chi connectivity index (χ3n) is 3.98. The summed E-state index contributed by atoms with van der Waals surface area (Å²) in [7, 11) is 0. The summed E-state index contributed by atoms with van der Waals surface area (Å²) < 4.78 is 38.3. The van der Waals surface area contributed by atoms with Crippen LogP contribution < -0.4 is 5.32 Å². The summed E-state index contributed by atoms with van der Waals surface area (Å²) in [6.07, 6.45) is 0.171. The van der Waals surface area contributed by atoms with Gasteiger partial charge in [0, 0.05) is 25.8 Å². The van der Waals surface area contributed by atoms with Crippen LogP contribution in [0.5, 0.6) is 0 Å². The van der Waals surface area contributed by atoms with Gasteiger partial charge >= 0.3 is 6.18 Å². The second kappa shape index (κ2) is 3.98. The zero-order valence-corrected chi connectivity index (χ0v) is 10.0. The maximum absolute atomic E-state index is 12.2. The highest BCUT2D eigenvalue weighted by Crippen LogP contribution is 2.48. The van der Waals surface area contributed by atoms with Crippen LogP contribution in [0.2, 0.25) is 0 Å². The zero-order valence-electron chi connectivity index (χ0n) is 10.0. The third-order valence-corrected chi connectivity index (χ3v) is 3.98. The highest BCUT2D eigenvalue weighted by Gasteiger charge is 2.48. The average Bonchev–Trinajstić information content (AvgIpc) is 2.52. The predicted octanol–water partition coefficient (Wildman–Crippen LogP) is 1.99. The molecule has 1 aliphatic heterocycles. The standard InChI is InChI=1S/C12H16F3N3/c13-12(14,15)3-10-4-17-18(6-10)5-9-1-11(2-9)7-16-8-11/h4,6,9,16H,1-3,5,7-8H2. The second-order valence-electron chi connectivity index (χ2n) is 5.74. The molecule has 0 radical (unpaired) electrons. The van der Waals surface area contributed by atoms with Gasteiger partial charge in [-0.1, -0.05) is 0 Å². The van der Waals surface area contributed by atoms with Crippen molar-refractivity contribution in [3.8, 4) is 0 Å². The van der Waals surface area contributed by atoms with Crippen molar-refractivity contribution in [3.63, 3.8) is 0 Å². The summed E-state index contributed by atoms with van der Waals surface area (Å²) in [5, 5.41) is 7.29. The van der Waals surface area contributed by atoms with E-state index in [0.717, 1.165) is 19.6 Å². The molecule has 1 spiro atoms. The number of hydrogen-bond donors (Lipinski definition) is 1. The first-order chi connectivity index (χ1) is 8.44. The molecule has 1 aliphatic carbocycles.